The number of aromatic nitrogens is 2. The summed E-state index contributed by atoms with van der Waals surface area (Å²) in [6, 6.07) is 9.40. The molecule has 1 aromatic heterocycles. The molecule has 4 N–H and O–H groups in total. The molecule has 0 spiro atoms. The summed E-state index contributed by atoms with van der Waals surface area (Å²) < 4.78 is 0. The predicted octanol–water partition coefficient (Wildman–Crippen LogP) is 1.79. The SMILES string of the molecule is Cc1ccccc1C(C)NC(=O)c1cc(N)n[nH]1. The van der Waals surface area contributed by atoms with E-state index in [9.17, 15) is 4.79 Å². The molecule has 2 rings (SSSR count). The molecule has 1 amide bonds. The number of aryl methyl sites for hydroxylation is 1. The van der Waals surface area contributed by atoms with Crippen molar-refractivity contribution in [2.45, 2.75) is 19.9 Å². The maximum atomic E-state index is 11.9. The van der Waals surface area contributed by atoms with E-state index in [1.807, 2.05) is 38.1 Å². The van der Waals surface area contributed by atoms with Crippen LogP contribution in [0.4, 0.5) is 5.82 Å². The number of carbonyl (C=O) groups is 1. The number of nitrogens with zero attached hydrogens (tertiary/aromatic N) is 1. The van der Waals surface area contributed by atoms with Gasteiger partial charge in [-0.25, -0.2) is 0 Å². The molecule has 0 saturated carbocycles. The van der Waals surface area contributed by atoms with Gasteiger partial charge in [-0.3, -0.25) is 9.89 Å². The third kappa shape index (κ3) is 2.51. The van der Waals surface area contributed by atoms with Crippen LogP contribution in [0.5, 0.6) is 0 Å². The maximum absolute atomic E-state index is 11.9. The number of nitrogens with two attached hydrogens (primary N) is 1. The summed E-state index contributed by atoms with van der Waals surface area (Å²) in [5.41, 5.74) is 8.07. The number of H-pyrrole nitrogens is 1. The van der Waals surface area contributed by atoms with Crippen LogP contribution in [0.25, 0.3) is 0 Å². The Kier molecular flexibility index (Phi) is 3.32. The molecule has 1 heterocycles. The van der Waals surface area contributed by atoms with Gasteiger partial charge >= 0.3 is 0 Å². The zero-order valence-corrected chi connectivity index (χ0v) is 10.4. The first-order valence-electron chi connectivity index (χ1n) is 5.75. The minimum Gasteiger partial charge on any atom is -0.382 e. The van der Waals surface area contributed by atoms with E-state index in [-0.39, 0.29) is 11.9 Å². The molecule has 5 nitrogen and oxygen atoms in total. The topological polar surface area (TPSA) is 83.8 Å². The summed E-state index contributed by atoms with van der Waals surface area (Å²) in [4.78, 5) is 11.9. The van der Waals surface area contributed by atoms with Crippen LogP contribution in [0.3, 0.4) is 0 Å². The molecule has 0 aliphatic carbocycles. The van der Waals surface area contributed by atoms with E-state index in [0.717, 1.165) is 11.1 Å². The Labute approximate surface area is 105 Å². The minimum absolute atomic E-state index is 0.0665. The number of hydrogen-bond donors (Lipinski definition) is 3. The first kappa shape index (κ1) is 12.2. The van der Waals surface area contributed by atoms with Crippen LogP contribution in [0.1, 0.15) is 34.6 Å². The lowest BCUT2D eigenvalue weighted by Crippen LogP contribution is -2.27. The van der Waals surface area contributed by atoms with Gasteiger partial charge in [0.2, 0.25) is 0 Å². The van der Waals surface area contributed by atoms with Crippen molar-refractivity contribution in [3.63, 3.8) is 0 Å². The number of anilines is 1. The smallest absolute Gasteiger partial charge is 0.269 e. The lowest BCUT2D eigenvalue weighted by Gasteiger charge is -2.15. The Hall–Kier alpha value is -2.30. The number of aromatic amines is 1. The summed E-state index contributed by atoms with van der Waals surface area (Å²) in [6.45, 7) is 3.96. The zero-order valence-electron chi connectivity index (χ0n) is 10.4. The molecule has 1 aromatic carbocycles. The molecule has 0 aliphatic rings. The number of nitrogen functional groups attached to an aromatic ring is 1. The van der Waals surface area contributed by atoms with Gasteiger partial charge < -0.3 is 11.1 Å². The normalized spacial score (nSPS) is 12.1. The van der Waals surface area contributed by atoms with Gasteiger partial charge in [0, 0.05) is 6.07 Å². The van der Waals surface area contributed by atoms with Crippen molar-refractivity contribution in [1.29, 1.82) is 0 Å². The first-order chi connectivity index (χ1) is 8.58. The Morgan fingerprint density at radius 3 is 2.78 bits per heavy atom. The van der Waals surface area contributed by atoms with Crippen LogP contribution in [0.15, 0.2) is 30.3 Å². The highest BCUT2D eigenvalue weighted by atomic mass is 16.2. The number of benzene rings is 1. The molecule has 5 heteroatoms. The molecule has 0 bridgehead atoms. The van der Waals surface area contributed by atoms with Gasteiger partial charge in [0.25, 0.3) is 5.91 Å². The molecule has 94 valence electrons. The molecule has 1 unspecified atom stereocenters. The van der Waals surface area contributed by atoms with Crippen molar-refractivity contribution in [2.24, 2.45) is 0 Å². The second-order valence-corrected chi connectivity index (χ2v) is 4.26. The van der Waals surface area contributed by atoms with Gasteiger partial charge in [0.05, 0.1) is 6.04 Å². The Morgan fingerprint density at radius 2 is 2.17 bits per heavy atom. The second kappa shape index (κ2) is 4.91. The Bertz CT molecular complexity index is 562. The quantitative estimate of drug-likeness (QED) is 0.769. The van der Waals surface area contributed by atoms with Gasteiger partial charge in [-0.1, -0.05) is 24.3 Å². The third-order valence-corrected chi connectivity index (χ3v) is 2.84. The van der Waals surface area contributed by atoms with E-state index in [0.29, 0.717) is 11.5 Å². The third-order valence-electron chi connectivity index (χ3n) is 2.84. The lowest BCUT2D eigenvalue weighted by molar-refractivity contribution is 0.0935. The van der Waals surface area contributed by atoms with Gasteiger partial charge in [0.15, 0.2) is 0 Å². The Morgan fingerprint density at radius 1 is 1.44 bits per heavy atom. The molecule has 0 aliphatic heterocycles. The van der Waals surface area contributed by atoms with Crippen LogP contribution in [0, 0.1) is 6.92 Å². The summed E-state index contributed by atoms with van der Waals surface area (Å²) in [5.74, 6) is 0.0960. The molecular weight excluding hydrogens is 228 g/mol. The number of rotatable bonds is 3. The number of hydrogen-bond acceptors (Lipinski definition) is 3. The highest BCUT2D eigenvalue weighted by Crippen LogP contribution is 2.17. The van der Waals surface area contributed by atoms with Crippen molar-refractivity contribution in [1.82, 2.24) is 15.5 Å². The number of nitrogens with one attached hydrogen (secondary N) is 2. The summed E-state index contributed by atoms with van der Waals surface area (Å²) in [5, 5.41) is 9.22. The van der Waals surface area contributed by atoms with E-state index < -0.39 is 0 Å². The predicted molar refractivity (Wildman–Crippen MR) is 70.1 cm³/mol. The average molecular weight is 244 g/mol. The fourth-order valence-electron chi connectivity index (χ4n) is 1.88. The fourth-order valence-corrected chi connectivity index (χ4v) is 1.88. The maximum Gasteiger partial charge on any atom is 0.269 e. The lowest BCUT2D eigenvalue weighted by atomic mass is 10.0. The van der Waals surface area contributed by atoms with Gasteiger partial charge in [0.1, 0.15) is 11.5 Å². The fraction of sp³-hybridized carbons (Fsp3) is 0.231. The van der Waals surface area contributed by atoms with Crippen LogP contribution in [0.2, 0.25) is 0 Å². The zero-order chi connectivity index (χ0) is 13.1. The number of carbonyl (C=O) groups excluding carboxylic acids is 1. The largest absolute Gasteiger partial charge is 0.382 e. The summed E-state index contributed by atoms with van der Waals surface area (Å²) in [7, 11) is 0. The van der Waals surface area contributed by atoms with Crippen molar-refractivity contribution < 1.29 is 4.79 Å². The molecule has 18 heavy (non-hydrogen) atoms. The molecule has 0 saturated heterocycles. The first-order valence-corrected chi connectivity index (χ1v) is 5.75. The molecule has 0 fully saturated rings. The van der Waals surface area contributed by atoms with Crippen LogP contribution < -0.4 is 11.1 Å². The van der Waals surface area contributed by atoms with E-state index >= 15 is 0 Å². The summed E-state index contributed by atoms with van der Waals surface area (Å²) >= 11 is 0. The molecular formula is C13H16N4O. The number of amides is 1. The van der Waals surface area contributed by atoms with E-state index in [2.05, 4.69) is 15.5 Å². The molecule has 1 atom stereocenters. The van der Waals surface area contributed by atoms with Crippen LogP contribution in [-0.4, -0.2) is 16.1 Å². The minimum atomic E-state index is -0.213. The van der Waals surface area contributed by atoms with Crippen molar-refractivity contribution in [2.75, 3.05) is 5.73 Å². The van der Waals surface area contributed by atoms with E-state index in [4.69, 9.17) is 5.73 Å². The van der Waals surface area contributed by atoms with Crippen LogP contribution >= 0.6 is 0 Å². The standard InChI is InChI=1S/C13H16N4O/c1-8-5-3-4-6-10(8)9(2)15-13(18)11-7-12(14)17-16-11/h3-7,9H,1-2H3,(H,15,18)(H3,14,16,17). The highest BCUT2D eigenvalue weighted by Gasteiger charge is 2.14. The van der Waals surface area contributed by atoms with Gasteiger partial charge in [-0.05, 0) is 25.0 Å². The second-order valence-electron chi connectivity index (χ2n) is 4.26. The van der Waals surface area contributed by atoms with Gasteiger partial charge in [-0.15, -0.1) is 0 Å². The average Bonchev–Trinajstić information content (AvgIpc) is 2.76. The summed E-state index contributed by atoms with van der Waals surface area (Å²) in [6.07, 6.45) is 0. The molecule has 0 radical (unpaired) electrons. The van der Waals surface area contributed by atoms with Gasteiger partial charge in [-0.2, -0.15) is 5.10 Å². The van der Waals surface area contributed by atoms with E-state index in [1.165, 1.54) is 6.07 Å². The molecule has 2 aromatic rings. The van der Waals surface area contributed by atoms with Crippen molar-refractivity contribution in [3.8, 4) is 0 Å². The highest BCUT2D eigenvalue weighted by molar-refractivity contribution is 5.93. The van der Waals surface area contributed by atoms with E-state index in [1.54, 1.807) is 0 Å². The van der Waals surface area contributed by atoms with Crippen molar-refractivity contribution in [3.05, 3.63) is 47.2 Å². The van der Waals surface area contributed by atoms with Crippen molar-refractivity contribution >= 4 is 11.7 Å². The van der Waals surface area contributed by atoms with Crippen LogP contribution in [-0.2, 0) is 0 Å². The Balaban J connectivity index is 2.10. The monoisotopic (exact) mass is 244 g/mol.